The number of carboxylic acids is 1. The number of allylic oxidation sites excluding steroid dienone is 4. The van der Waals surface area contributed by atoms with Crippen LogP contribution >= 0.6 is 0 Å². The lowest BCUT2D eigenvalue weighted by molar-refractivity contribution is -0.184. The van der Waals surface area contributed by atoms with Crippen LogP contribution in [0.25, 0.3) is 0 Å². The Morgan fingerprint density at radius 3 is 2.59 bits per heavy atom. The molecule has 0 bridgehead atoms. The minimum absolute atomic E-state index is 0.0370. The van der Waals surface area contributed by atoms with Crippen molar-refractivity contribution in [2.45, 2.75) is 70.5 Å². The second kappa shape index (κ2) is 11.9. The van der Waals surface area contributed by atoms with Crippen molar-refractivity contribution < 1.29 is 24.2 Å². The van der Waals surface area contributed by atoms with Crippen LogP contribution in [0.3, 0.4) is 0 Å². The first kappa shape index (κ1) is 23.3. The van der Waals surface area contributed by atoms with Crippen LogP contribution in [0.1, 0.15) is 64.7 Å². The van der Waals surface area contributed by atoms with E-state index < -0.39 is 11.8 Å². The third kappa shape index (κ3) is 6.80. The highest BCUT2D eigenvalue weighted by atomic mass is 16.7. The Bertz CT molecular complexity index is 642. The van der Waals surface area contributed by atoms with Gasteiger partial charge in [0.2, 0.25) is 0 Å². The van der Waals surface area contributed by atoms with Crippen molar-refractivity contribution in [3.05, 3.63) is 24.3 Å². The van der Waals surface area contributed by atoms with Gasteiger partial charge < -0.3 is 14.6 Å². The van der Waals surface area contributed by atoms with Gasteiger partial charge in [-0.05, 0) is 31.8 Å². The van der Waals surface area contributed by atoms with E-state index in [0.717, 1.165) is 19.3 Å². The molecule has 6 heteroatoms. The van der Waals surface area contributed by atoms with Crippen LogP contribution in [0, 0.1) is 29.1 Å². The van der Waals surface area contributed by atoms with E-state index in [1.165, 1.54) is 0 Å². The number of hydrogen-bond donors (Lipinski definition) is 1. The van der Waals surface area contributed by atoms with Crippen molar-refractivity contribution in [2.24, 2.45) is 17.8 Å². The molecule has 2 fully saturated rings. The second-order valence-corrected chi connectivity index (χ2v) is 7.91. The van der Waals surface area contributed by atoms with Crippen molar-refractivity contribution in [2.75, 3.05) is 13.2 Å². The summed E-state index contributed by atoms with van der Waals surface area (Å²) in [6.45, 7) is 3.14. The Hall–Kier alpha value is -1.97. The van der Waals surface area contributed by atoms with Crippen LogP contribution in [0.15, 0.2) is 24.3 Å². The molecule has 0 radical (unpaired) electrons. The van der Waals surface area contributed by atoms with Crippen LogP contribution in [-0.4, -0.2) is 35.9 Å². The van der Waals surface area contributed by atoms with Crippen LogP contribution in [0.4, 0.5) is 0 Å². The Kier molecular flexibility index (Phi) is 9.56. The number of carboxylic acid groups (broad SMARTS) is 1. The number of carbonyl (C=O) groups is 2. The lowest BCUT2D eigenvalue weighted by Crippen LogP contribution is -2.36. The van der Waals surface area contributed by atoms with Gasteiger partial charge in [-0.15, -0.1) is 0 Å². The summed E-state index contributed by atoms with van der Waals surface area (Å²) in [6.07, 6.45) is 13.8. The van der Waals surface area contributed by atoms with E-state index >= 15 is 0 Å². The van der Waals surface area contributed by atoms with Crippen molar-refractivity contribution in [3.8, 4) is 6.07 Å². The van der Waals surface area contributed by atoms with Crippen molar-refractivity contribution >= 4 is 11.8 Å². The first-order valence-electron chi connectivity index (χ1n) is 10.8. The Morgan fingerprint density at radius 2 is 1.93 bits per heavy atom. The largest absolute Gasteiger partial charge is 0.481 e. The van der Waals surface area contributed by atoms with E-state index in [4.69, 9.17) is 14.6 Å². The van der Waals surface area contributed by atoms with Gasteiger partial charge in [-0.2, -0.15) is 5.26 Å². The van der Waals surface area contributed by atoms with E-state index in [9.17, 15) is 14.9 Å². The molecule has 0 aromatic rings. The smallest absolute Gasteiger partial charge is 0.303 e. The number of ketones is 1. The van der Waals surface area contributed by atoms with Crippen molar-refractivity contribution in [1.82, 2.24) is 0 Å². The van der Waals surface area contributed by atoms with Crippen molar-refractivity contribution in [1.29, 1.82) is 5.26 Å². The van der Waals surface area contributed by atoms with E-state index in [-0.39, 0.29) is 30.0 Å². The number of aliphatic carboxylic acids is 1. The first-order valence-corrected chi connectivity index (χ1v) is 10.8. The zero-order chi connectivity index (χ0) is 21.1. The Balaban J connectivity index is 2.04. The fourth-order valence-electron chi connectivity index (χ4n) is 4.29. The fraction of sp³-hybridized carbons (Fsp3) is 0.696. The highest BCUT2D eigenvalue weighted by Gasteiger charge is 2.56. The van der Waals surface area contributed by atoms with Gasteiger partial charge in [-0.25, -0.2) is 0 Å². The van der Waals surface area contributed by atoms with E-state index in [1.807, 2.05) is 18.2 Å². The fourth-order valence-corrected chi connectivity index (χ4v) is 4.29. The molecule has 0 amide bonds. The quantitative estimate of drug-likeness (QED) is 0.294. The predicted molar refractivity (Wildman–Crippen MR) is 109 cm³/mol. The van der Waals surface area contributed by atoms with Crippen LogP contribution in [0.2, 0.25) is 0 Å². The van der Waals surface area contributed by atoms with Gasteiger partial charge in [0.15, 0.2) is 11.6 Å². The lowest BCUT2D eigenvalue weighted by Gasteiger charge is -2.30. The van der Waals surface area contributed by atoms with Crippen molar-refractivity contribution in [3.63, 3.8) is 0 Å². The normalized spacial score (nSPS) is 25.9. The molecule has 1 saturated carbocycles. The summed E-state index contributed by atoms with van der Waals surface area (Å²) < 4.78 is 11.9. The number of nitrogens with zero attached hydrogens (tertiary/aromatic N) is 1. The van der Waals surface area contributed by atoms with Gasteiger partial charge in [0.05, 0.1) is 25.2 Å². The molecule has 0 aromatic carbocycles. The molecule has 2 aliphatic rings. The molecule has 29 heavy (non-hydrogen) atoms. The SMILES string of the molecule is CCCCCC(=O)/C=C/C1C(C/C=C/CCCC(=O)O)C2(C[C@@H]1C#N)OCCO2. The summed E-state index contributed by atoms with van der Waals surface area (Å²) in [6, 6.07) is 2.38. The number of nitriles is 1. The average molecular weight is 404 g/mol. The molecule has 160 valence electrons. The average Bonchev–Trinajstić information content (AvgIpc) is 3.28. The van der Waals surface area contributed by atoms with Gasteiger partial charge in [0.1, 0.15) is 0 Å². The molecule has 2 rings (SSSR count). The monoisotopic (exact) mass is 403 g/mol. The molecule has 6 nitrogen and oxygen atoms in total. The van der Waals surface area contributed by atoms with E-state index in [0.29, 0.717) is 45.3 Å². The van der Waals surface area contributed by atoms with Crippen LogP contribution in [-0.2, 0) is 19.1 Å². The highest BCUT2D eigenvalue weighted by Crippen LogP contribution is 2.51. The van der Waals surface area contributed by atoms with E-state index in [1.54, 1.807) is 6.08 Å². The third-order valence-electron chi connectivity index (χ3n) is 5.79. The van der Waals surface area contributed by atoms with Crippen LogP contribution in [0.5, 0.6) is 0 Å². The summed E-state index contributed by atoms with van der Waals surface area (Å²) in [5, 5.41) is 18.4. The molecule has 3 atom stereocenters. The zero-order valence-electron chi connectivity index (χ0n) is 17.3. The van der Waals surface area contributed by atoms with Gasteiger partial charge in [0.25, 0.3) is 0 Å². The molecule has 1 aliphatic carbocycles. The van der Waals surface area contributed by atoms with Gasteiger partial charge in [0, 0.05) is 31.1 Å². The maximum Gasteiger partial charge on any atom is 0.303 e. The molecule has 1 spiro atoms. The van der Waals surface area contributed by atoms with E-state index in [2.05, 4.69) is 13.0 Å². The maximum atomic E-state index is 12.2. The molecule has 1 saturated heterocycles. The first-order chi connectivity index (χ1) is 14.0. The number of carbonyl (C=O) groups excluding carboxylic acids is 1. The maximum absolute atomic E-state index is 12.2. The standard InChI is InChI=1S/C23H33NO5/c1-2-3-6-9-19(25)12-13-20-18(17-24)16-23(28-14-15-29-23)21(20)10-7-4-5-8-11-22(26)27/h4,7,12-13,18,20-21H,2-3,5-6,8-11,14-16H2,1H3,(H,26,27)/b7-4+,13-12+/t18-,20?,21?/m1/s1. The predicted octanol–water partition coefficient (Wildman–Crippen LogP) is 4.41. The summed E-state index contributed by atoms with van der Waals surface area (Å²) in [5.41, 5.74) is 0. The van der Waals surface area contributed by atoms with Gasteiger partial charge in [-0.3, -0.25) is 9.59 Å². The summed E-state index contributed by atoms with van der Waals surface area (Å²) in [4.78, 5) is 22.8. The summed E-state index contributed by atoms with van der Waals surface area (Å²) in [7, 11) is 0. The highest BCUT2D eigenvalue weighted by molar-refractivity contribution is 5.89. The molecular formula is C23H33NO5. The molecule has 1 heterocycles. The van der Waals surface area contributed by atoms with Gasteiger partial charge >= 0.3 is 5.97 Å². The molecule has 1 N–H and O–H groups in total. The summed E-state index contributed by atoms with van der Waals surface area (Å²) >= 11 is 0. The topological polar surface area (TPSA) is 96.6 Å². The minimum atomic E-state index is -0.786. The Morgan fingerprint density at radius 1 is 1.17 bits per heavy atom. The number of unbranched alkanes of at least 4 members (excludes halogenated alkanes) is 3. The molecule has 2 unspecified atom stereocenters. The third-order valence-corrected chi connectivity index (χ3v) is 5.79. The zero-order valence-corrected chi connectivity index (χ0v) is 17.3. The van der Waals surface area contributed by atoms with Crippen LogP contribution < -0.4 is 0 Å². The Labute approximate surface area is 173 Å². The number of ether oxygens (including phenoxy) is 2. The molecule has 0 aromatic heterocycles. The van der Waals surface area contributed by atoms with Gasteiger partial charge in [-0.1, -0.05) is 38.0 Å². The second-order valence-electron chi connectivity index (χ2n) is 7.91. The molecule has 1 aliphatic heterocycles. The number of rotatable bonds is 12. The lowest BCUT2D eigenvalue weighted by atomic mass is 9.85. The minimum Gasteiger partial charge on any atom is -0.481 e. The number of hydrogen-bond acceptors (Lipinski definition) is 5. The summed E-state index contributed by atoms with van der Waals surface area (Å²) in [5.74, 6) is -1.83. The molecular weight excluding hydrogens is 370 g/mol.